The van der Waals surface area contributed by atoms with E-state index in [9.17, 15) is 17.9 Å². The first-order valence-corrected chi connectivity index (χ1v) is 12.1. The molecule has 0 spiro atoms. The maximum Gasteiger partial charge on any atom is 0.265 e. The van der Waals surface area contributed by atoms with Gasteiger partial charge in [0.15, 0.2) is 5.82 Å². The first-order valence-electron chi connectivity index (χ1n) is 10.3. The molecule has 3 rings (SSSR count). The molecule has 1 aromatic heterocycles. The molecule has 0 aliphatic carbocycles. The van der Waals surface area contributed by atoms with Crippen LogP contribution in [-0.2, 0) is 16.6 Å². The van der Waals surface area contributed by atoms with Gasteiger partial charge < -0.3 is 20.3 Å². The van der Waals surface area contributed by atoms with Crippen molar-refractivity contribution in [1.29, 1.82) is 0 Å². The van der Waals surface area contributed by atoms with Crippen LogP contribution < -0.4 is 14.8 Å². The zero-order valence-electron chi connectivity index (χ0n) is 19.0. The van der Waals surface area contributed by atoms with E-state index < -0.39 is 44.4 Å². The van der Waals surface area contributed by atoms with Gasteiger partial charge in [-0.1, -0.05) is 23.4 Å². The summed E-state index contributed by atoms with van der Waals surface area (Å²) in [5.41, 5.74) is -0.907. The molecule has 1 heterocycles. The van der Waals surface area contributed by atoms with Crippen LogP contribution in [0, 0.1) is 23.5 Å². The van der Waals surface area contributed by atoms with Crippen LogP contribution in [0.3, 0.4) is 0 Å². The number of aliphatic hydroxyl groups excluding tert-OH is 2. The number of halogens is 3. The van der Waals surface area contributed by atoms with Gasteiger partial charge in [-0.2, -0.15) is 0 Å². The Hall–Kier alpha value is -3.50. The summed E-state index contributed by atoms with van der Waals surface area (Å²) in [7, 11) is -3.27. The number of anilines is 2. The van der Waals surface area contributed by atoms with E-state index in [2.05, 4.69) is 27.1 Å². The highest BCUT2D eigenvalue weighted by molar-refractivity contribution is 7.92. The van der Waals surface area contributed by atoms with Crippen molar-refractivity contribution >= 4 is 33.3 Å². The Bertz CT molecular complexity index is 1430. The molecule has 0 aliphatic heterocycles. The highest BCUT2D eigenvalue weighted by atomic mass is 35.5. The molecule has 0 aliphatic rings. The molecular weight excluding hydrogens is 518 g/mol. The summed E-state index contributed by atoms with van der Waals surface area (Å²) < 4.78 is 62.6. The second kappa shape index (κ2) is 11.5. The molecule has 2 aromatic carbocycles. The van der Waals surface area contributed by atoms with Gasteiger partial charge in [0.1, 0.15) is 16.5 Å². The first kappa shape index (κ1) is 27.1. The fourth-order valence-electron chi connectivity index (χ4n) is 2.98. The van der Waals surface area contributed by atoms with Crippen molar-refractivity contribution in [2.45, 2.75) is 24.5 Å². The molecule has 0 fully saturated rings. The molecule has 3 aromatic rings. The minimum atomic E-state index is -4.47. The summed E-state index contributed by atoms with van der Waals surface area (Å²) in [5, 5.41) is 21.4. The lowest BCUT2D eigenvalue weighted by Gasteiger charge is -2.15. The maximum atomic E-state index is 15.1. The zero-order chi connectivity index (χ0) is 26.5. The third-order valence-corrected chi connectivity index (χ3v) is 6.32. The second-order valence-electron chi connectivity index (χ2n) is 7.42. The minimum Gasteiger partial charge on any atom is -0.495 e. The molecule has 4 N–H and O–H groups in total. The van der Waals surface area contributed by atoms with Gasteiger partial charge in [0.25, 0.3) is 10.0 Å². The standard InChI is InChI=1S/C23H21ClF2N4O5S/c1-13(11-31)29-23-27-9-14(10-28-23)3-4-17-18(25)5-6-19(21(17)26)30-36(33,34)20-8-16(24)7-15(12-32)22(20)35-2/h5-10,13,30-32H,11-12H2,1-2H3,(H,27,28,29). The maximum absolute atomic E-state index is 15.1. The number of methoxy groups -OCH3 is 1. The number of sulfonamides is 1. The Morgan fingerprint density at radius 3 is 2.47 bits per heavy atom. The number of nitrogens with zero attached hydrogens (tertiary/aromatic N) is 2. The molecule has 36 heavy (non-hydrogen) atoms. The smallest absolute Gasteiger partial charge is 0.265 e. The molecule has 13 heteroatoms. The normalized spacial score (nSPS) is 11.9. The Balaban J connectivity index is 1.93. The van der Waals surface area contributed by atoms with Crippen LogP contribution in [0.5, 0.6) is 5.75 Å². The summed E-state index contributed by atoms with van der Waals surface area (Å²) in [6.45, 7) is 1.03. The van der Waals surface area contributed by atoms with E-state index in [0.717, 1.165) is 18.2 Å². The van der Waals surface area contributed by atoms with E-state index in [1.165, 1.54) is 25.6 Å². The molecule has 0 saturated heterocycles. The number of aromatic nitrogens is 2. The number of rotatable bonds is 8. The quantitative estimate of drug-likeness (QED) is 0.322. The predicted octanol–water partition coefficient (Wildman–Crippen LogP) is 2.90. The Kier molecular flexibility index (Phi) is 8.65. The topological polar surface area (TPSA) is 134 Å². The van der Waals surface area contributed by atoms with Gasteiger partial charge in [0.2, 0.25) is 5.95 Å². The van der Waals surface area contributed by atoms with E-state index in [0.29, 0.717) is 0 Å². The fourth-order valence-corrected chi connectivity index (χ4v) is 4.59. The highest BCUT2D eigenvalue weighted by Gasteiger charge is 2.25. The zero-order valence-corrected chi connectivity index (χ0v) is 20.6. The van der Waals surface area contributed by atoms with Gasteiger partial charge in [0, 0.05) is 29.0 Å². The van der Waals surface area contributed by atoms with Gasteiger partial charge >= 0.3 is 0 Å². The van der Waals surface area contributed by atoms with Gasteiger partial charge in [-0.25, -0.2) is 27.2 Å². The van der Waals surface area contributed by atoms with Crippen LogP contribution in [0.4, 0.5) is 20.4 Å². The van der Waals surface area contributed by atoms with Crippen LogP contribution in [0.25, 0.3) is 0 Å². The molecule has 0 amide bonds. The fraction of sp³-hybridized carbons (Fsp3) is 0.217. The van der Waals surface area contributed by atoms with E-state index in [1.807, 2.05) is 4.72 Å². The third kappa shape index (κ3) is 6.19. The van der Waals surface area contributed by atoms with Crippen LogP contribution in [0.2, 0.25) is 5.02 Å². The Morgan fingerprint density at radius 1 is 1.17 bits per heavy atom. The second-order valence-corrected chi connectivity index (χ2v) is 9.50. The van der Waals surface area contributed by atoms with Crippen LogP contribution in [0.15, 0.2) is 41.6 Å². The number of benzene rings is 2. The molecule has 0 bridgehead atoms. The van der Waals surface area contributed by atoms with E-state index >= 15 is 4.39 Å². The van der Waals surface area contributed by atoms with Crippen molar-refractivity contribution in [3.63, 3.8) is 0 Å². The lowest BCUT2D eigenvalue weighted by Crippen LogP contribution is -2.20. The number of aliphatic hydroxyl groups is 2. The Morgan fingerprint density at radius 2 is 1.86 bits per heavy atom. The number of nitrogens with one attached hydrogen (secondary N) is 2. The molecule has 0 radical (unpaired) electrons. The first-order chi connectivity index (χ1) is 17.1. The van der Waals surface area contributed by atoms with Crippen LogP contribution >= 0.6 is 11.6 Å². The number of hydrogen-bond acceptors (Lipinski definition) is 8. The predicted molar refractivity (Wildman–Crippen MR) is 129 cm³/mol. The molecule has 1 unspecified atom stereocenters. The molecular formula is C23H21ClF2N4O5S. The summed E-state index contributed by atoms with van der Waals surface area (Å²) in [4.78, 5) is 7.57. The SMILES string of the molecule is COc1c(CO)cc(Cl)cc1S(=O)(=O)Nc1ccc(F)c(C#Cc2cnc(NC(C)CO)nc2)c1F. The van der Waals surface area contributed by atoms with Crippen LogP contribution in [-0.4, -0.2) is 48.4 Å². The van der Waals surface area contributed by atoms with Gasteiger partial charge in [-0.15, -0.1) is 0 Å². The summed E-state index contributed by atoms with van der Waals surface area (Å²) in [6.07, 6.45) is 2.64. The van der Waals surface area contributed by atoms with Crippen molar-refractivity contribution in [2.75, 3.05) is 23.8 Å². The highest BCUT2D eigenvalue weighted by Crippen LogP contribution is 2.33. The molecule has 190 valence electrons. The van der Waals surface area contributed by atoms with Crippen molar-refractivity contribution in [2.24, 2.45) is 0 Å². The van der Waals surface area contributed by atoms with E-state index in [1.54, 1.807) is 6.92 Å². The largest absolute Gasteiger partial charge is 0.495 e. The van der Waals surface area contributed by atoms with Crippen molar-refractivity contribution in [3.8, 4) is 17.6 Å². The number of hydrogen-bond donors (Lipinski definition) is 4. The summed E-state index contributed by atoms with van der Waals surface area (Å²) in [6, 6.07) is 3.89. The van der Waals surface area contributed by atoms with E-state index in [4.69, 9.17) is 21.4 Å². The van der Waals surface area contributed by atoms with Crippen LogP contribution in [0.1, 0.15) is 23.6 Å². The molecule has 1 atom stereocenters. The molecule has 9 nitrogen and oxygen atoms in total. The van der Waals surface area contributed by atoms with Crippen molar-refractivity contribution in [1.82, 2.24) is 9.97 Å². The molecule has 0 saturated carbocycles. The van der Waals surface area contributed by atoms with Gasteiger partial charge in [-0.3, -0.25) is 4.72 Å². The summed E-state index contributed by atoms with van der Waals surface area (Å²) in [5.74, 6) is 2.65. The third-order valence-electron chi connectivity index (χ3n) is 4.73. The van der Waals surface area contributed by atoms with Crippen molar-refractivity contribution in [3.05, 3.63) is 70.0 Å². The monoisotopic (exact) mass is 538 g/mol. The van der Waals surface area contributed by atoms with Gasteiger partial charge in [-0.05, 0) is 31.2 Å². The average Bonchev–Trinajstić information content (AvgIpc) is 2.85. The Labute approximate surface area is 211 Å². The van der Waals surface area contributed by atoms with E-state index in [-0.39, 0.29) is 40.5 Å². The van der Waals surface area contributed by atoms with Crippen molar-refractivity contribution < 1.29 is 32.1 Å². The average molecular weight is 539 g/mol. The minimum absolute atomic E-state index is 0.000569. The van der Waals surface area contributed by atoms with Gasteiger partial charge in [0.05, 0.1) is 37.1 Å². The lowest BCUT2D eigenvalue weighted by molar-refractivity contribution is 0.272. The lowest BCUT2D eigenvalue weighted by atomic mass is 10.1. The number of ether oxygens (including phenoxy) is 1. The summed E-state index contributed by atoms with van der Waals surface area (Å²) >= 11 is 5.96.